The third kappa shape index (κ3) is 3.71. The summed E-state index contributed by atoms with van der Waals surface area (Å²) in [6, 6.07) is 3.87. The van der Waals surface area contributed by atoms with E-state index in [-0.39, 0.29) is 24.2 Å². The summed E-state index contributed by atoms with van der Waals surface area (Å²) in [6.45, 7) is 5.66. The zero-order chi connectivity index (χ0) is 20.7. The molecule has 1 N–H and O–H groups in total. The van der Waals surface area contributed by atoms with Crippen LogP contribution in [0.1, 0.15) is 10.6 Å². The molecule has 30 heavy (non-hydrogen) atoms. The standard InChI is InChI=1S/C22H30N4O3S/c1-24(2)21-23-9-17(30-21)10-26-11-19-18(13-27)20-12-25(14-22(19,15-26)29-20)7-3-5-16-6-4-8-28-16/h3-6,8-9,18-20,27H,7,10-15H2,1-2H3/b5-3+/t18-,19+,20+,22+/m0/s1. The van der Waals surface area contributed by atoms with Gasteiger partial charge in [-0.15, -0.1) is 11.3 Å². The third-order valence-electron chi connectivity index (χ3n) is 6.63. The number of fused-ring (bicyclic) bond motifs is 1. The maximum Gasteiger partial charge on any atom is 0.185 e. The highest BCUT2D eigenvalue weighted by atomic mass is 32.1. The minimum atomic E-state index is -0.177. The lowest BCUT2D eigenvalue weighted by molar-refractivity contribution is -0.115. The maximum absolute atomic E-state index is 10.1. The number of ether oxygens (including phenoxy) is 1. The first-order valence-electron chi connectivity index (χ1n) is 10.6. The van der Waals surface area contributed by atoms with Crippen LogP contribution in [0.4, 0.5) is 5.13 Å². The second-order valence-corrected chi connectivity index (χ2v) is 10.1. The fraction of sp³-hybridized carbons (Fsp3) is 0.591. The van der Waals surface area contributed by atoms with Crippen molar-refractivity contribution in [2.45, 2.75) is 18.2 Å². The fourth-order valence-corrected chi connectivity index (χ4v) is 6.26. The molecule has 3 fully saturated rings. The Morgan fingerprint density at radius 2 is 2.20 bits per heavy atom. The summed E-state index contributed by atoms with van der Waals surface area (Å²) in [5, 5.41) is 11.2. The Bertz CT molecular complexity index is 883. The van der Waals surface area contributed by atoms with E-state index in [0.717, 1.165) is 50.2 Å². The van der Waals surface area contributed by atoms with Gasteiger partial charge in [0.15, 0.2) is 5.13 Å². The van der Waals surface area contributed by atoms with Gasteiger partial charge in [-0.05, 0) is 18.2 Å². The van der Waals surface area contributed by atoms with Crippen LogP contribution in [0.15, 0.2) is 35.1 Å². The number of aliphatic hydroxyl groups is 1. The number of furan rings is 1. The third-order valence-corrected chi connectivity index (χ3v) is 7.78. The van der Waals surface area contributed by atoms with E-state index in [4.69, 9.17) is 9.15 Å². The van der Waals surface area contributed by atoms with Gasteiger partial charge < -0.3 is 19.2 Å². The van der Waals surface area contributed by atoms with Crippen molar-refractivity contribution in [2.24, 2.45) is 11.8 Å². The Morgan fingerprint density at radius 1 is 1.33 bits per heavy atom. The molecule has 5 rings (SSSR count). The smallest absolute Gasteiger partial charge is 0.185 e. The molecular formula is C22H30N4O3S. The number of rotatable bonds is 7. The molecule has 0 aromatic carbocycles. The molecule has 3 saturated heterocycles. The van der Waals surface area contributed by atoms with Crippen LogP contribution in [0.25, 0.3) is 6.08 Å². The molecule has 3 aliphatic rings. The molecule has 0 unspecified atom stereocenters. The van der Waals surface area contributed by atoms with Gasteiger partial charge >= 0.3 is 0 Å². The number of anilines is 1. The zero-order valence-corrected chi connectivity index (χ0v) is 18.4. The summed E-state index contributed by atoms with van der Waals surface area (Å²) in [4.78, 5) is 12.8. The molecule has 162 valence electrons. The van der Waals surface area contributed by atoms with E-state index in [9.17, 15) is 5.11 Å². The highest BCUT2D eigenvalue weighted by Gasteiger charge is 2.61. The quantitative estimate of drug-likeness (QED) is 0.721. The van der Waals surface area contributed by atoms with E-state index >= 15 is 0 Å². The first-order valence-corrected chi connectivity index (χ1v) is 11.4. The summed E-state index contributed by atoms with van der Waals surface area (Å²) < 4.78 is 12.0. The van der Waals surface area contributed by atoms with Crippen molar-refractivity contribution in [2.75, 3.05) is 58.3 Å². The first kappa shape index (κ1) is 20.2. The number of hydrogen-bond acceptors (Lipinski definition) is 8. The Balaban J connectivity index is 1.27. The number of aromatic nitrogens is 1. The Hall–Kier alpha value is -1.71. The summed E-state index contributed by atoms with van der Waals surface area (Å²) in [7, 11) is 4.05. The monoisotopic (exact) mass is 430 g/mol. The topological polar surface area (TPSA) is 65.2 Å². The molecule has 2 aromatic heterocycles. The molecule has 4 atom stereocenters. The lowest BCUT2D eigenvalue weighted by atomic mass is 9.83. The first-order chi connectivity index (χ1) is 14.6. The number of hydrogen-bond donors (Lipinski definition) is 1. The van der Waals surface area contributed by atoms with E-state index in [1.807, 2.05) is 38.5 Å². The predicted octanol–water partition coefficient (Wildman–Crippen LogP) is 2.01. The second-order valence-electron chi connectivity index (χ2n) is 8.96. The molecule has 2 aromatic rings. The van der Waals surface area contributed by atoms with Gasteiger partial charge in [-0.2, -0.15) is 0 Å². The van der Waals surface area contributed by atoms with Crippen molar-refractivity contribution >= 4 is 22.5 Å². The Morgan fingerprint density at radius 3 is 2.93 bits per heavy atom. The van der Waals surface area contributed by atoms with Gasteiger partial charge in [-0.1, -0.05) is 6.08 Å². The lowest BCUT2D eigenvalue weighted by Crippen LogP contribution is -2.53. The summed E-state index contributed by atoms with van der Waals surface area (Å²) in [5.74, 6) is 1.48. The summed E-state index contributed by atoms with van der Waals surface area (Å²) >= 11 is 1.75. The highest BCUT2D eigenvalue weighted by molar-refractivity contribution is 7.15. The summed E-state index contributed by atoms with van der Waals surface area (Å²) in [6.07, 6.45) is 8.00. The number of thiazole rings is 1. The molecule has 0 aliphatic carbocycles. The molecule has 3 aliphatic heterocycles. The normalized spacial score (nSPS) is 31.6. The van der Waals surface area contributed by atoms with Crippen LogP contribution in [0.2, 0.25) is 0 Å². The van der Waals surface area contributed by atoms with Crippen molar-refractivity contribution in [3.05, 3.63) is 41.3 Å². The van der Waals surface area contributed by atoms with Crippen molar-refractivity contribution in [3.63, 3.8) is 0 Å². The fourth-order valence-electron chi connectivity index (χ4n) is 5.38. The van der Waals surface area contributed by atoms with Crippen LogP contribution in [0.3, 0.4) is 0 Å². The molecular weight excluding hydrogens is 400 g/mol. The molecule has 1 spiro atoms. The van der Waals surface area contributed by atoms with E-state index in [2.05, 4.69) is 25.8 Å². The van der Waals surface area contributed by atoms with E-state index in [1.54, 1.807) is 17.6 Å². The van der Waals surface area contributed by atoms with Crippen molar-refractivity contribution in [1.29, 1.82) is 0 Å². The highest BCUT2D eigenvalue weighted by Crippen LogP contribution is 2.49. The SMILES string of the molecule is CN(C)c1ncc(CN2C[C@@H]3[C@H](CO)[C@H]4CN(C/C=C/c5ccco5)C[C@]3(C2)O4)s1. The van der Waals surface area contributed by atoms with Gasteiger partial charge in [0.2, 0.25) is 0 Å². The van der Waals surface area contributed by atoms with Gasteiger partial charge in [0.25, 0.3) is 0 Å². The molecule has 8 heteroatoms. The molecule has 0 saturated carbocycles. The van der Waals surface area contributed by atoms with E-state index < -0.39 is 0 Å². The molecule has 7 nitrogen and oxygen atoms in total. The number of likely N-dealkylation sites (tertiary alicyclic amines) is 2. The van der Waals surface area contributed by atoms with Gasteiger partial charge in [-0.3, -0.25) is 9.80 Å². The number of nitrogens with zero attached hydrogens (tertiary/aromatic N) is 4. The molecule has 2 bridgehead atoms. The average Bonchev–Trinajstić information content (AvgIpc) is 3.47. The van der Waals surface area contributed by atoms with Crippen LogP contribution in [0, 0.1) is 11.8 Å². The van der Waals surface area contributed by atoms with E-state index in [0.29, 0.717) is 5.92 Å². The minimum Gasteiger partial charge on any atom is -0.465 e. The van der Waals surface area contributed by atoms with Gasteiger partial charge in [0, 0.05) is 82.9 Å². The largest absolute Gasteiger partial charge is 0.465 e. The van der Waals surface area contributed by atoms with Gasteiger partial charge in [0.05, 0.1) is 18.0 Å². The lowest BCUT2D eigenvalue weighted by Gasteiger charge is -2.40. The molecule has 5 heterocycles. The predicted molar refractivity (Wildman–Crippen MR) is 118 cm³/mol. The minimum absolute atomic E-state index is 0.122. The van der Waals surface area contributed by atoms with Gasteiger partial charge in [-0.25, -0.2) is 4.98 Å². The number of aliphatic hydroxyl groups excluding tert-OH is 1. The van der Waals surface area contributed by atoms with Crippen LogP contribution >= 0.6 is 11.3 Å². The van der Waals surface area contributed by atoms with Crippen molar-refractivity contribution < 1.29 is 14.3 Å². The summed E-state index contributed by atoms with van der Waals surface area (Å²) in [5.41, 5.74) is -0.177. The van der Waals surface area contributed by atoms with Crippen LogP contribution in [0.5, 0.6) is 0 Å². The average molecular weight is 431 g/mol. The second kappa shape index (κ2) is 8.09. The maximum atomic E-state index is 10.1. The number of morpholine rings is 1. The van der Waals surface area contributed by atoms with Crippen LogP contribution in [-0.4, -0.2) is 85.0 Å². The van der Waals surface area contributed by atoms with Crippen LogP contribution in [-0.2, 0) is 11.3 Å². The van der Waals surface area contributed by atoms with Gasteiger partial charge in [0.1, 0.15) is 5.76 Å². The Kier molecular flexibility index (Phi) is 5.45. The molecule has 0 radical (unpaired) electrons. The Labute approximate surface area is 181 Å². The van der Waals surface area contributed by atoms with Crippen LogP contribution < -0.4 is 4.90 Å². The zero-order valence-electron chi connectivity index (χ0n) is 17.6. The molecule has 0 amide bonds. The van der Waals surface area contributed by atoms with Crippen molar-refractivity contribution in [3.8, 4) is 0 Å². The van der Waals surface area contributed by atoms with Crippen molar-refractivity contribution in [1.82, 2.24) is 14.8 Å². The van der Waals surface area contributed by atoms with E-state index in [1.165, 1.54) is 4.88 Å².